The van der Waals surface area contributed by atoms with Crippen LogP contribution < -0.4 is 10.1 Å². The molecule has 2 rings (SSSR count). The second kappa shape index (κ2) is 11.5. The molecule has 8 nitrogen and oxygen atoms in total. The minimum atomic E-state index is -4.64. The normalized spacial score (nSPS) is 22.2. The Morgan fingerprint density at radius 2 is 1.91 bits per heavy atom. The molecule has 190 valence electrons. The van der Waals surface area contributed by atoms with Crippen molar-refractivity contribution < 1.29 is 37.0 Å². The minimum Gasteiger partial charge on any atom is -0.491 e. The zero-order chi connectivity index (χ0) is 25.6. The molecule has 11 heteroatoms. The van der Waals surface area contributed by atoms with Crippen molar-refractivity contribution in [3.63, 3.8) is 0 Å². The predicted octanol–water partition coefficient (Wildman–Crippen LogP) is 3.32. The molecule has 0 unspecified atom stereocenters. The van der Waals surface area contributed by atoms with Crippen LogP contribution in [0.15, 0.2) is 18.2 Å². The van der Waals surface area contributed by atoms with Gasteiger partial charge in [-0.3, -0.25) is 14.4 Å². The second-order valence-electron chi connectivity index (χ2n) is 8.55. The van der Waals surface area contributed by atoms with Crippen molar-refractivity contribution in [2.45, 2.75) is 51.9 Å². The van der Waals surface area contributed by atoms with E-state index in [1.165, 1.54) is 23.1 Å². The number of halogens is 3. The van der Waals surface area contributed by atoms with Gasteiger partial charge in [-0.2, -0.15) is 13.2 Å². The number of nitrogens with zero attached hydrogens (tertiary/aromatic N) is 2. The highest BCUT2D eigenvalue weighted by Crippen LogP contribution is 2.28. The SMILES string of the molecule is CCC(=O)N1C[C@@H](C)[C@H](OC)CN(C)C(=O)c2ccc(NC(=O)CC(F)(F)F)cc2OC[C@H]1C. The summed E-state index contributed by atoms with van der Waals surface area (Å²) in [6, 6.07) is 3.71. The van der Waals surface area contributed by atoms with Crippen molar-refractivity contribution >= 4 is 23.4 Å². The van der Waals surface area contributed by atoms with Crippen LogP contribution in [0.25, 0.3) is 0 Å². The number of carbonyl (C=O) groups excluding carboxylic acids is 3. The molecule has 0 fully saturated rings. The topological polar surface area (TPSA) is 88.2 Å². The number of benzene rings is 1. The molecular formula is C23H32F3N3O5. The van der Waals surface area contributed by atoms with Crippen molar-refractivity contribution in [1.82, 2.24) is 9.80 Å². The number of methoxy groups -OCH3 is 1. The Kier molecular flexibility index (Phi) is 9.31. The number of anilines is 1. The van der Waals surface area contributed by atoms with Gasteiger partial charge in [0.05, 0.1) is 17.7 Å². The first-order valence-corrected chi connectivity index (χ1v) is 11.1. The monoisotopic (exact) mass is 487 g/mol. The summed E-state index contributed by atoms with van der Waals surface area (Å²) in [5, 5.41) is 2.18. The number of fused-ring (bicyclic) bond motifs is 1. The summed E-state index contributed by atoms with van der Waals surface area (Å²) in [6.45, 7) is 6.23. The van der Waals surface area contributed by atoms with Gasteiger partial charge in [0.1, 0.15) is 18.8 Å². The molecule has 1 aliphatic heterocycles. The summed E-state index contributed by atoms with van der Waals surface area (Å²) in [5.74, 6) is -1.63. The Labute approximate surface area is 197 Å². The molecule has 1 aliphatic rings. The average molecular weight is 488 g/mol. The van der Waals surface area contributed by atoms with Gasteiger partial charge in [0.2, 0.25) is 11.8 Å². The Balaban J connectivity index is 2.41. The van der Waals surface area contributed by atoms with Crippen LogP contribution in [-0.2, 0) is 14.3 Å². The molecule has 0 aromatic heterocycles. The summed E-state index contributed by atoms with van der Waals surface area (Å²) in [6.07, 6.45) is -6.30. The number of hydrogen-bond acceptors (Lipinski definition) is 5. The molecule has 1 aromatic carbocycles. The van der Waals surface area contributed by atoms with Gasteiger partial charge < -0.3 is 24.6 Å². The lowest BCUT2D eigenvalue weighted by molar-refractivity contribution is -0.150. The number of rotatable bonds is 4. The van der Waals surface area contributed by atoms with Crippen LogP contribution in [0.2, 0.25) is 0 Å². The van der Waals surface area contributed by atoms with Gasteiger partial charge in [0.15, 0.2) is 0 Å². The molecule has 3 amide bonds. The van der Waals surface area contributed by atoms with E-state index in [0.29, 0.717) is 13.0 Å². The Morgan fingerprint density at radius 1 is 1.24 bits per heavy atom. The van der Waals surface area contributed by atoms with Crippen molar-refractivity contribution in [3.8, 4) is 5.75 Å². The fourth-order valence-corrected chi connectivity index (χ4v) is 3.79. The van der Waals surface area contributed by atoms with Gasteiger partial charge in [0.25, 0.3) is 5.91 Å². The van der Waals surface area contributed by atoms with Crippen LogP contribution in [0.5, 0.6) is 5.75 Å². The van der Waals surface area contributed by atoms with Crippen molar-refractivity contribution in [2.75, 3.05) is 39.2 Å². The number of hydrogen-bond donors (Lipinski definition) is 1. The van der Waals surface area contributed by atoms with E-state index in [9.17, 15) is 27.6 Å². The lowest BCUT2D eigenvalue weighted by Crippen LogP contribution is -2.48. The molecule has 0 saturated carbocycles. The van der Waals surface area contributed by atoms with Crippen LogP contribution in [0.1, 0.15) is 44.0 Å². The van der Waals surface area contributed by atoms with E-state index in [2.05, 4.69) is 5.32 Å². The Bertz CT molecular complexity index is 893. The third-order valence-corrected chi connectivity index (χ3v) is 5.71. The Morgan fingerprint density at radius 3 is 2.50 bits per heavy atom. The molecule has 0 radical (unpaired) electrons. The number of ether oxygens (including phenoxy) is 2. The fourth-order valence-electron chi connectivity index (χ4n) is 3.79. The smallest absolute Gasteiger partial charge is 0.397 e. The van der Waals surface area contributed by atoms with Crippen molar-refractivity contribution in [2.24, 2.45) is 5.92 Å². The van der Waals surface area contributed by atoms with E-state index in [1.54, 1.807) is 26.0 Å². The highest BCUT2D eigenvalue weighted by molar-refractivity contribution is 5.98. The van der Waals surface area contributed by atoms with E-state index in [-0.39, 0.29) is 60.0 Å². The molecule has 1 aromatic rings. The van der Waals surface area contributed by atoms with Crippen LogP contribution in [0.4, 0.5) is 18.9 Å². The van der Waals surface area contributed by atoms with Crippen LogP contribution in [0.3, 0.4) is 0 Å². The lowest BCUT2D eigenvalue weighted by atomic mass is 10.0. The molecule has 0 bridgehead atoms. The zero-order valence-electron chi connectivity index (χ0n) is 20.1. The highest BCUT2D eigenvalue weighted by Gasteiger charge is 2.32. The van der Waals surface area contributed by atoms with Crippen molar-refractivity contribution in [3.05, 3.63) is 23.8 Å². The van der Waals surface area contributed by atoms with Gasteiger partial charge in [-0.15, -0.1) is 0 Å². The molecule has 1 N–H and O–H groups in total. The Hall–Kier alpha value is -2.82. The van der Waals surface area contributed by atoms with Crippen molar-refractivity contribution in [1.29, 1.82) is 0 Å². The number of amides is 3. The molecule has 1 heterocycles. The molecule has 3 atom stereocenters. The van der Waals surface area contributed by atoms with Crippen LogP contribution in [0, 0.1) is 5.92 Å². The largest absolute Gasteiger partial charge is 0.491 e. The van der Waals surface area contributed by atoms with E-state index in [1.807, 2.05) is 13.8 Å². The van der Waals surface area contributed by atoms with Gasteiger partial charge in [-0.05, 0) is 19.1 Å². The number of carbonyl (C=O) groups is 3. The van der Waals surface area contributed by atoms with Gasteiger partial charge in [-0.1, -0.05) is 13.8 Å². The fraction of sp³-hybridized carbons (Fsp3) is 0.609. The quantitative estimate of drug-likeness (QED) is 0.704. The van der Waals surface area contributed by atoms with Crippen LogP contribution >= 0.6 is 0 Å². The maximum absolute atomic E-state index is 13.1. The minimum absolute atomic E-state index is 0.0417. The third kappa shape index (κ3) is 7.34. The summed E-state index contributed by atoms with van der Waals surface area (Å²) >= 11 is 0. The van der Waals surface area contributed by atoms with E-state index < -0.39 is 18.5 Å². The molecule has 0 spiro atoms. The number of likely N-dealkylation sites (N-methyl/N-ethyl adjacent to an activating group) is 1. The van der Waals surface area contributed by atoms with Gasteiger partial charge in [-0.25, -0.2) is 0 Å². The third-order valence-electron chi connectivity index (χ3n) is 5.71. The first-order valence-electron chi connectivity index (χ1n) is 11.1. The molecule has 0 aliphatic carbocycles. The predicted molar refractivity (Wildman–Crippen MR) is 120 cm³/mol. The summed E-state index contributed by atoms with van der Waals surface area (Å²) in [7, 11) is 3.15. The second-order valence-corrected chi connectivity index (χ2v) is 8.55. The van der Waals surface area contributed by atoms with E-state index in [0.717, 1.165) is 0 Å². The van der Waals surface area contributed by atoms with Crippen LogP contribution in [-0.4, -0.2) is 79.7 Å². The maximum atomic E-state index is 13.1. The lowest BCUT2D eigenvalue weighted by Gasteiger charge is -2.36. The molecular weight excluding hydrogens is 455 g/mol. The zero-order valence-corrected chi connectivity index (χ0v) is 20.1. The number of nitrogens with one attached hydrogen (secondary N) is 1. The highest BCUT2D eigenvalue weighted by atomic mass is 19.4. The average Bonchev–Trinajstić information content (AvgIpc) is 2.76. The molecule has 34 heavy (non-hydrogen) atoms. The summed E-state index contributed by atoms with van der Waals surface area (Å²) < 4.78 is 49.0. The number of alkyl halides is 3. The van der Waals surface area contributed by atoms with E-state index in [4.69, 9.17) is 9.47 Å². The first-order chi connectivity index (χ1) is 15.9. The van der Waals surface area contributed by atoms with E-state index >= 15 is 0 Å². The molecule has 0 saturated heterocycles. The maximum Gasteiger partial charge on any atom is 0.397 e. The van der Waals surface area contributed by atoms with Gasteiger partial charge >= 0.3 is 6.18 Å². The first kappa shape index (κ1) is 27.4. The summed E-state index contributed by atoms with van der Waals surface area (Å²) in [4.78, 5) is 40.6. The summed E-state index contributed by atoms with van der Waals surface area (Å²) in [5.41, 5.74) is 0.244. The standard InChI is InChI=1S/C23H32F3N3O5/c1-6-21(31)29-11-14(2)19(33-5)12-28(4)22(32)17-8-7-16(9-18(17)34-13-15(29)3)27-20(30)10-23(24,25)26/h7-9,14-15,19H,6,10-13H2,1-5H3,(H,27,30)/t14-,15-,19-/m1/s1. The van der Waals surface area contributed by atoms with Gasteiger partial charge in [0, 0.05) is 51.3 Å².